The first-order valence-corrected chi connectivity index (χ1v) is 5.80. The molecule has 5 heteroatoms. The topological polar surface area (TPSA) is 60.2 Å². The van der Waals surface area contributed by atoms with E-state index in [2.05, 4.69) is 10.3 Å². The van der Waals surface area contributed by atoms with Gasteiger partial charge in [-0.1, -0.05) is 11.6 Å². The van der Waals surface area contributed by atoms with Gasteiger partial charge in [0, 0.05) is 5.69 Å². The number of ether oxygens (including phenoxy) is 1. The number of nitrogens with two attached hydrogens (primary N) is 1. The first-order valence-electron chi connectivity index (χ1n) is 5.43. The second kappa shape index (κ2) is 5.14. The molecule has 4 nitrogen and oxygen atoms in total. The fraction of sp³-hybridized carbons (Fsp3) is 0.154. The highest BCUT2D eigenvalue weighted by atomic mass is 35.5. The van der Waals surface area contributed by atoms with Crippen LogP contribution >= 0.6 is 11.6 Å². The van der Waals surface area contributed by atoms with Crippen molar-refractivity contribution in [3.05, 3.63) is 41.0 Å². The van der Waals surface area contributed by atoms with Crippen molar-refractivity contribution in [2.75, 3.05) is 18.2 Å². The van der Waals surface area contributed by atoms with E-state index in [4.69, 9.17) is 22.1 Å². The van der Waals surface area contributed by atoms with E-state index in [1.165, 1.54) is 0 Å². The van der Waals surface area contributed by atoms with Crippen LogP contribution in [0.1, 0.15) is 5.56 Å². The molecule has 0 bridgehead atoms. The molecule has 0 radical (unpaired) electrons. The van der Waals surface area contributed by atoms with Gasteiger partial charge in [-0.2, -0.15) is 0 Å². The quantitative estimate of drug-likeness (QED) is 0.891. The van der Waals surface area contributed by atoms with Crippen LogP contribution in [0.5, 0.6) is 5.75 Å². The van der Waals surface area contributed by atoms with Crippen molar-refractivity contribution >= 4 is 28.8 Å². The van der Waals surface area contributed by atoms with Crippen molar-refractivity contribution in [1.82, 2.24) is 4.98 Å². The number of nitrogens with one attached hydrogen (secondary N) is 1. The lowest BCUT2D eigenvalue weighted by Crippen LogP contribution is -1.97. The zero-order valence-electron chi connectivity index (χ0n) is 10.2. The van der Waals surface area contributed by atoms with Crippen LogP contribution in [0.25, 0.3) is 0 Å². The summed E-state index contributed by atoms with van der Waals surface area (Å²) < 4.78 is 5.20. The summed E-state index contributed by atoms with van der Waals surface area (Å²) in [7, 11) is 1.65. The SMILES string of the molecule is COc1ccc(Nc2ncc(N)cc2Cl)cc1C. The minimum absolute atomic E-state index is 0.489. The predicted molar refractivity (Wildman–Crippen MR) is 74.7 cm³/mol. The Morgan fingerprint density at radius 3 is 2.72 bits per heavy atom. The molecule has 2 rings (SSSR count). The summed E-state index contributed by atoms with van der Waals surface area (Å²) in [5.74, 6) is 1.42. The monoisotopic (exact) mass is 263 g/mol. The summed E-state index contributed by atoms with van der Waals surface area (Å²) in [6, 6.07) is 7.42. The van der Waals surface area contributed by atoms with Crippen LogP contribution < -0.4 is 15.8 Å². The summed E-state index contributed by atoms with van der Waals surface area (Å²) in [4.78, 5) is 4.15. The maximum atomic E-state index is 6.05. The number of hydrogen-bond acceptors (Lipinski definition) is 4. The summed E-state index contributed by atoms with van der Waals surface area (Å²) in [5.41, 5.74) is 8.06. The van der Waals surface area contributed by atoms with E-state index >= 15 is 0 Å². The highest BCUT2D eigenvalue weighted by Crippen LogP contribution is 2.27. The van der Waals surface area contributed by atoms with Crippen LogP contribution in [0.4, 0.5) is 17.2 Å². The molecule has 0 saturated heterocycles. The number of hydrogen-bond donors (Lipinski definition) is 2. The average Bonchev–Trinajstić information content (AvgIpc) is 2.33. The van der Waals surface area contributed by atoms with Gasteiger partial charge in [0.25, 0.3) is 0 Å². The number of nitrogen functional groups attached to an aromatic ring is 1. The van der Waals surface area contributed by atoms with Crippen LogP contribution in [-0.2, 0) is 0 Å². The predicted octanol–water partition coefficient (Wildman–Crippen LogP) is 3.38. The molecule has 3 N–H and O–H groups in total. The van der Waals surface area contributed by atoms with E-state index in [1.54, 1.807) is 19.4 Å². The van der Waals surface area contributed by atoms with Crippen molar-refractivity contribution in [3.8, 4) is 5.75 Å². The van der Waals surface area contributed by atoms with E-state index in [-0.39, 0.29) is 0 Å². The van der Waals surface area contributed by atoms with Gasteiger partial charge in [-0.25, -0.2) is 4.98 Å². The molecule has 18 heavy (non-hydrogen) atoms. The third-order valence-corrected chi connectivity index (χ3v) is 2.81. The van der Waals surface area contributed by atoms with E-state index in [1.807, 2.05) is 25.1 Å². The summed E-state index contributed by atoms with van der Waals surface area (Å²) >= 11 is 6.05. The molecule has 0 atom stereocenters. The van der Waals surface area contributed by atoms with Crippen LogP contribution in [0.2, 0.25) is 5.02 Å². The number of pyridine rings is 1. The Morgan fingerprint density at radius 2 is 2.11 bits per heavy atom. The van der Waals surface area contributed by atoms with Crippen LogP contribution in [0.15, 0.2) is 30.5 Å². The minimum atomic E-state index is 0.489. The van der Waals surface area contributed by atoms with E-state index in [0.717, 1.165) is 17.0 Å². The first kappa shape index (κ1) is 12.5. The van der Waals surface area contributed by atoms with Gasteiger partial charge in [-0.05, 0) is 36.8 Å². The third-order valence-electron chi connectivity index (χ3n) is 2.52. The van der Waals surface area contributed by atoms with Crippen molar-refractivity contribution < 1.29 is 4.74 Å². The molecule has 1 heterocycles. The number of anilines is 3. The number of benzene rings is 1. The van der Waals surface area contributed by atoms with Gasteiger partial charge in [0.1, 0.15) is 11.6 Å². The maximum absolute atomic E-state index is 6.05. The van der Waals surface area contributed by atoms with Crippen LogP contribution in [0.3, 0.4) is 0 Å². The zero-order valence-corrected chi connectivity index (χ0v) is 11.0. The van der Waals surface area contributed by atoms with Crippen LogP contribution in [-0.4, -0.2) is 12.1 Å². The number of halogens is 1. The smallest absolute Gasteiger partial charge is 0.149 e. The zero-order chi connectivity index (χ0) is 13.1. The molecular formula is C13H14ClN3O. The Hall–Kier alpha value is -1.94. The fourth-order valence-corrected chi connectivity index (χ4v) is 1.86. The lowest BCUT2D eigenvalue weighted by molar-refractivity contribution is 0.412. The summed E-state index contributed by atoms with van der Waals surface area (Å²) in [6.07, 6.45) is 1.56. The second-order valence-electron chi connectivity index (χ2n) is 3.91. The molecule has 0 saturated carbocycles. The Labute approximate surface area is 111 Å². The molecule has 0 aliphatic heterocycles. The lowest BCUT2D eigenvalue weighted by atomic mass is 10.2. The normalized spacial score (nSPS) is 10.2. The van der Waals surface area contributed by atoms with Gasteiger partial charge in [-0.15, -0.1) is 0 Å². The van der Waals surface area contributed by atoms with Crippen molar-refractivity contribution in [1.29, 1.82) is 0 Å². The lowest BCUT2D eigenvalue weighted by Gasteiger charge is -2.10. The van der Waals surface area contributed by atoms with E-state index in [0.29, 0.717) is 16.5 Å². The molecule has 0 unspecified atom stereocenters. The summed E-state index contributed by atoms with van der Waals surface area (Å²) in [6.45, 7) is 1.97. The molecular weight excluding hydrogens is 250 g/mol. The third kappa shape index (κ3) is 2.65. The van der Waals surface area contributed by atoms with Gasteiger partial charge in [0.05, 0.1) is 24.0 Å². The molecule has 94 valence electrons. The number of nitrogens with zero attached hydrogens (tertiary/aromatic N) is 1. The average molecular weight is 264 g/mol. The second-order valence-corrected chi connectivity index (χ2v) is 4.32. The Bertz CT molecular complexity index is 572. The van der Waals surface area contributed by atoms with Gasteiger partial charge in [0.2, 0.25) is 0 Å². The molecule has 0 spiro atoms. The molecule has 1 aromatic carbocycles. The molecule has 0 aliphatic rings. The van der Waals surface area contributed by atoms with E-state index in [9.17, 15) is 0 Å². The van der Waals surface area contributed by atoms with Crippen molar-refractivity contribution in [3.63, 3.8) is 0 Å². The van der Waals surface area contributed by atoms with Crippen molar-refractivity contribution in [2.24, 2.45) is 0 Å². The molecule has 0 fully saturated rings. The van der Waals surface area contributed by atoms with Crippen molar-refractivity contribution in [2.45, 2.75) is 6.92 Å². The first-order chi connectivity index (χ1) is 8.60. The van der Waals surface area contributed by atoms with Gasteiger partial charge in [0.15, 0.2) is 0 Å². The molecule has 1 aromatic heterocycles. The molecule has 0 aliphatic carbocycles. The fourth-order valence-electron chi connectivity index (χ4n) is 1.64. The molecule has 0 amide bonds. The Kier molecular flexibility index (Phi) is 3.58. The number of rotatable bonds is 3. The Balaban J connectivity index is 2.26. The van der Waals surface area contributed by atoms with Gasteiger partial charge in [-0.3, -0.25) is 0 Å². The number of methoxy groups -OCH3 is 1. The highest BCUT2D eigenvalue weighted by Gasteiger charge is 2.04. The number of aryl methyl sites for hydroxylation is 1. The van der Waals surface area contributed by atoms with Gasteiger partial charge < -0.3 is 15.8 Å². The highest BCUT2D eigenvalue weighted by molar-refractivity contribution is 6.33. The largest absolute Gasteiger partial charge is 0.496 e. The van der Waals surface area contributed by atoms with Gasteiger partial charge >= 0.3 is 0 Å². The van der Waals surface area contributed by atoms with Crippen LogP contribution in [0, 0.1) is 6.92 Å². The number of aromatic nitrogens is 1. The summed E-state index contributed by atoms with van der Waals surface area (Å²) in [5, 5.41) is 3.63. The maximum Gasteiger partial charge on any atom is 0.149 e. The Morgan fingerprint density at radius 1 is 1.33 bits per heavy atom. The molecule has 2 aromatic rings. The minimum Gasteiger partial charge on any atom is -0.496 e. The van der Waals surface area contributed by atoms with E-state index < -0.39 is 0 Å². The standard InChI is InChI=1S/C13H14ClN3O/c1-8-5-10(3-4-12(8)18-2)17-13-11(14)6-9(15)7-16-13/h3-7H,15H2,1-2H3,(H,16,17).